The summed E-state index contributed by atoms with van der Waals surface area (Å²) in [7, 11) is 0. The van der Waals surface area contributed by atoms with Crippen LogP contribution in [0.3, 0.4) is 0 Å². The number of rotatable bonds is 4. The number of nitrogens with one attached hydrogen (secondary N) is 1. The smallest absolute Gasteiger partial charge is 0.237 e. The summed E-state index contributed by atoms with van der Waals surface area (Å²) >= 11 is 0. The van der Waals surface area contributed by atoms with E-state index in [0.717, 1.165) is 19.4 Å². The Labute approximate surface area is 104 Å². The maximum atomic E-state index is 12.1. The van der Waals surface area contributed by atoms with Gasteiger partial charge in [-0.2, -0.15) is 0 Å². The number of likely N-dealkylation sites (tertiary alicyclic amines) is 1. The number of ketones is 1. The molecule has 0 aromatic rings. The molecule has 0 spiro atoms. The molecule has 0 aromatic heterocycles. The highest BCUT2D eigenvalue weighted by molar-refractivity contribution is 5.85. The van der Waals surface area contributed by atoms with Crippen molar-refractivity contribution in [3.8, 4) is 0 Å². The van der Waals surface area contributed by atoms with Crippen LogP contribution in [-0.2, 0) is 9.59 Å². The Hall–Kier alpha value is -0.900. The van der Waals surface area contributed by atoms with Crippen LogP contribution < -0.4 is 5.32 Å². The van der Waals surface area contributed by atoms with Gasteiger partial charge in [0.1, 0.15) is 5.78 Å². The molecule has 17 heavy (non-hydrogen) atoms. The molecule has 0 aromatic carbocycles. The van der Waals surface area contributed by atoms with E-state index in [0.29, 0.717) is 13.0 Å². The van der Waals surface area contributed by atoms with Crippen molar-refractivity contribution >= 4 is 11.7 Å². The monoisotopic (exact) mass is 240 g/mol. The van der Waals surface area contributed by atoms with Crippen molar-refractivity contribution < 1.29 is 9.59 Å². The molecule has 0 saturated carbocycles. The summed E-state index contributed by atoms with van der Waals surface area (Å²) in [5.74, 6) is 0.261. The van der Waals surface area contributed by atoms with Crippen molar-refractivity contribution in [2.45, 2.75) is 58.5 Å². The van der Waals surface area contributed by atoms with Crippen LogP contribution in [0, 0.1) is 0 Å². The Balaban J connectivity index is 2.54. The summed E-state index contributed by atoms with van der Waals surface area (Å²) in [6.45, 7) is 9.21. The molecular weight excluding hydrogens is 216 g/mol. The highest BCUT2D eigenvalue weighted by Gasteiger charge is 2.28. The minimum Gasteiger partial charge on any atom is -0.350 e. The lowest BCUT2D eigenvalue weighted by Crippen LogP contribution is -2.54. The second kappa shape index (κ2) is 5.63. The van der Waals surface area contributed by atoms with Gasteiger partial charge in [0.05, 0.1) is 12.6 Å². The quantitative estimate of drug-likeness (QED) is 0.807. The molecular formula is C13H24N2O2. The second-order valence-corrected chi connectivity index (χ2v) is 5.52. The van der Waals surface area contributed by atoms with Gasteiger partial charge in [-0.3, -0.25) is 14.5 Å². The zero-order valence-electron chi connectivity index (χ0n) is 11.4. The van der Waals surface area contributed by atoms with E-state index in [9.17, 15) is 9.59 Å². The van der Waals surface area contributed by atoms with Gasteiger partial charge in [-0.25, -0.2) is 0 Å². The highest BCUT2D eigenvalue weighted by atomic mass is 16.2. The van der Waals surface area contributed by atoms with Gasteiger partial charge in [-0.15, -0.1) is 0 Å². The van der Waals surface area contributed by atoms with Crippen molar-refractivity contribution in [3.63, 3.8) is 0 Å². The minimum absolute atomic E-state index is 0.0200. The van der Waals surface area contributed by atoms with E-state index in [-0.39, 0.29) is 23.3 Å². The van der Waals surface area contributed by atoms with Crippen LogP contribution in [0.4, 0.5) is 0 Å². The fourth-order valence-electron chi connectivity index (χ4n) is 1.89. The normalized spacial score (nSPS) is 20.1. The van der Waals surface area contributed by atoms with Crippen LogP contribution in [0.5, 0.6) is 0 Å². The number of hydrogen-bond donors (Lipinski definition) is 1. The molecule has 1 aliphatic heterocycles. The first-order chi connectivity index (χ1) is 7.85. The van der Waals surface area contributed by atoms with E-state index in [1.165, 1.54) is 0 Å². The van der Waals surface area contributed by atoms with Crippen LogP contribution >= 0.6 is 0 Å². The standard InChI is InChI=1S/C13H24N2O2/c1-5-13(3,4)14-12(17)10(2)15-8-6-7-11(16)9-15/h10H,5-9H2,1-4H3,(H,14,17). The summed E-state index contributed by atoms with van der Waals surface area (Å²) < 4.78 is 0. The Kier molecular flexibility index (Phi) is 4.69. The molecule has 1 aliphatic rings. The van der Waals surface area contributed by atoms with Crippen molar-refractivity contribution in [1.29, 1.82) is 0 Å². The topological polar surface area (TPSA) is 49.4 Å². The van der Waals surface area contributed by atoms with Gasteiger partial charge >= 0.3 is 0 Å². The lowest BCUT2D eigenvalue weighted by Gasteiger charge is -2.33. The number of hydrogen-bond acceptors (Lipinski definition) is 3. The predicted molar refractivity (Wildman–Crippen MR) is 67.8 cm³/mol. The molecule has 1 rings (SSSR count). The number of carbonyl (C=O) groups excluding carboxylic acids is 2. The lowest BCUT2D eigenvalue weighted by molar-refractivity contribution is -0.130. The molecule has 1 amide bonds. The zero-order chi connectivity index (χ0) is 13.1. The number of Topliss-reactive ketones (excluding diaryl/α,β-unsaturated/α-hetero) is 1. The van der Waals surface area contributed by atoms with Crippen molar-refractivity contribution in [3.05, 3.63) is 0 Å². The van der Waals surface area contributed by atoms with E-state index in [2.05, 4.69) is 12.2 Å². The summed E-state index contributed by atoms with van der Waals surface area (Å²) in [6, 6.07) is -0.218. The van der Waals surface area contributed by atoms with Crippen LogP contribution in [0.15, 0.2) is 0 Å². The van der Waals surface area contributed by atoms with Crippen LogP contribution in [0.1, 0.15) is 47.0 Å². The lowest BCUT2D eigenvalue weighted by atomic mass is 10.0. The van der Waals surface area contributed by atoms with E-state index in [4.69, 9.17) is 0 Å². The van der Waals surface area contributed by atoms with Gasteiger partial charge in [0, 0.05) is 12.0 Å². The number of nitrogens with zero attached hydrogens (tertiary/aromatic N) is 1. The van der Waals surface area contributed by atoms with E-state index < -0.39 is 0 Å². The van der Waals surface area contributed by atoms with Gasteiger partial charge in [0.25, 0.3) is 0 Å². The zero-order valence-corrected chi connectivity index (χ0v) is 11.4. The fourth-order valence-corrected chi connectivity index (χ4v) is 1.89. The third kappa shape index (κ3) is 4.11. The van der Waals surface area contributed by atoms with Crippen LogP contribution in [0.2, 0.25) is 0 Å². The fraction of sp³-hybridized carbons (Fsp3) is 0.846. The molecule has 98 valence electrons. The van der Waals surface area contributed by atoms with Gasteiger partial charge in [-0.1, -0.05) is 6.92 Å². The van der Waals surface area contributed by atoms with Crippen LogP contribution in [0.25, 0.3) is 0 Å². The first kappa shape index (κ1) is 14.2. The number of carbonyl (C=O) groups is 2. The first-order valence-corrected chi connectivity index (χ1v) is 6.43. The molecule has 0 aliphatic carbocycles. The molecule has 1 N–H and O–H groups in total. The third-order valence-electron chi connectivity index (χ3n) is 3.55. The molecule has 1 heterocycles. The molecule has 1 unspecified atom stereocenters. The second-order valence-electron chi connectivity index (χ2n) is 5.52. The Morgan fingerprint density at radius 3 is 2.71 bits per heavy atom. The van der Waals surface area contributed by atoms with Crippen molar-refractivity contribution in [2.24, 2.45) is 0 Å². The van der Waals surface area contributed by atoms with E-state index >= 15 is 0 Å². The maximum absolute atomic E-state index is 12.1. The molecule has 1 saturated heterocycles. The van der Waals surface area contributed by atoms with Crippen molar-refractivity contribution in [2.75, 3.05) is 13.1 Å². The third-order valence-corrected chi connectivity index (χ3v) is 3.55. The van der Waals surface area contributed by atoms with Gasteiger partial charge in [0.15, 0.2) is 0 Å². The molecule has 1 fully saturated rings. The maximum Gasteiger partial charge on any atom is 0.237 e. The first-order valence-electron chi connectivity index (χ1n) is 6.43. The minimum atomic E-state index is -0.218. The van der Waals surface area contributed by atoms with Gasteiger partial charge in [-0.05, 0) is 40.2 Å². The van der Waals surface area contributed by atoms with E-state index in [1.54, 1.807) is 0 Å². The average molecular weight is 240 g/mol. The summed E-state index contributed by atoms with van der Waals surface area (Å²) in [4.78, 5) is 25.4. The Morgan fingerprint density at radius 2 is 2.18 bits per heavy atom. The van der Waals surface area contributed by atoms with Gasteiger partial charge < -0.3 is 5.32 Å². The number of amides is 1. The molecule has 4 nitrogen and oxygen atoms in total. The summed E-state index contributed by atoms with van der Waals surface area (Å²) in [6.07, 6.45) is 2.42. The summed E-state index contributed by atoms with van der Waals surface area (Å²) in [5.41, 5.74) is -0.175. The SMILES string of the molecule is CCC(C)(C)NC(=O)C(C)N1CCCC(=O)C1. The Morgan fingerprint density at radius 1 is 1.53 bits per heavy atom. The molecule has 0 bridgehead atoms. The molecule has 1 atom stereocenters. The van der Waals surface area contributed by atoms with Gasteiger partial charge in [0.2, 0.25) is 5.91 Å². The Bertz CT molecular complexity index is 300. The largest absolute Gasteiger partial charge is 0.350 e. The van der Waals surface area contributed by atoms with E-state index in [1.807, 2.05) is 25.7 Å². The molecule has 0 radical (unpaired) electrons. The number of piperidine rings is 1. The summed E-state index contributed by atoms with van der Waals surface area (Å²) in [5, 5.41) is 3.03. The van der Waals surface area contributed by atoms with Crippen molar-refractivity contribution in [1.82, 2.24) is 10.2 Å². The van der Waals surface area contributed by atoms with Crippen LogP contribution in [-0.4, -0.2) is 41.3 Å². The highest BCUT2D eigenvalue weighted by Crippen LogP contribution is 2.12. The average Bonchev–Trinajstić information content (AvgIpc) is 2.27. The molecule has 4 heteroatoms. The predicted octanol–water partition coefficient (Wildman–Crippen LogP) is 1.34.